The lowest BCUT2D eigenvalue weighted by Gasteiger charge is -2.39. The van der Waals surface area contributed by atoms with E-state index in [9.17, 15) is 10.1 Å². The summed E-state index contributed by atoms with van der Waals surface area (Å²) in [7, 11) is 0. The molecule has 3 rings (SSSR count). The minimum atomic E-state index is -1.86. The van der Waals surface area contributed by atoms with E-state index in [0.717, 1.165) is 0 Å². The van der Waals surface area contributed by atoms with Gasteiger partial charge in [-0.25, -0.2) is 0 Å². The Morgan fingerprint density at radius 1 is 1.18 bits per heavy atom. The van der Waals surface area contributed by atoms with Crippen molar-refractivity contribution in [2.24, 2.45) is 0 Å². The fraction of sp³-hybridized carbons (Fsp3) is 0.167. The van der Waals surface area contributed by atoms with Gasteiger partial charge in [0.05, 0.1) is 21.5 Å². The lowest BCUT2D eigenvalue weighted by molar-refractivity contribution is -0.790. The number of fused-ring (bicyclic) bond motifs is 2. The van der Waals surface area contributed by atoms with Gasteiger partial charge in [-0.2, -0.15) is 0 Å². The number of rotatable bonds is 2. The molecule has 0 bridgehead atoms. The Bertz CT molecular complexity index is 747. The van der Waals surface area contributed by atoms with Crippen LogP contribution in [0, 0.1) is 10.1 Å². The van der Waals surface area contributed by atoms with E-state index in [2.05, 4.69) is 4.84 Å². The summed E-state index contributed by atoms with van der Waals surface area (Å²) in [4.78, 5) is 15.5. The Labute approximate surface area is 143 Å². The zero-order chi connectivity index (χ0) is 16.1. The Morgan fingerprint density at radius 2 is 1.82 bits per heavy atom. The Balaban J connectivity index is 2.12. The standard InChI is InChI=1S/C12H5Cl4NO5/c13-5-1-9-10(2-6(5)14)21-12(22-17(18)19)4-8(16)7(15)3-11(12)20-9/h1-3H,4H2. The highest BCUT2D eigenvalue weighted by Crippen LogP contribution is 2.49. The monoisotopic (exact) mass is 383 g/mol. The van der Waals surface area contributed by atoms with E-state index >= 15 is 0 Å². The van der Waals surface area contributed by atoms with Crippen LogP contribution in [0.15, 0.2) is 34.0 Å². The van der Waals surface area contributed by atoms with Gasteiger partial charge >= 0.3 is 5.79 Å². The van der Waals surface area contributed by atoms with Gasteiger partial charge in [-0.05, 0) is 0 Å². The smallest absolute Gasteiger partial charge is 0.318 e. The Hall–Kier alpha value is -1.34. The average molecular weight is 385 g/mol. The molecule has 0 radical (unpaired) electrons. The molecule has 0 N–H and O–H groups in total. The van der Waals surface area contributed by atoms with Crippen LogP contribution >= 0.6 is 46.4 Å². The second kappa shape index (κ2) is 5.38. The first-order chi connectivity index (χ1) is 10.3. The summed E-state index contributed by atoms with van der Waals surface area (Å²) in [5, 5.41) is 10.6. The molecule has 22 heavy (non-hydrogen) atoms. The first kappa shape index (κ1) is 15.6. The summed E-state index contributed by atoms with van der Waals surface area (Å²) >= 11 is 23.7. The van der Waals surface area contributed by atoms with Crippen molar-refractivity contribution in [3.8, 4) is 11.5 Å². The fourth-order valence-electron chi connectivity index (χ4n) is 2.06. The van der Waals surface area contributed by atoms with E-state index in [-0.39, 0.29) is 43.8 Å². The molecular weight excluding hydrogens is 380 g/mol. The Kier molecular flexibility index (Phi) is 3.81. The summed E-state index contributed by atoms with van der Waals surface area (Å²) < 4.78 is 11.2. The molecule has 1 aromatic carbocycles. The van der Waals surface area contributed by atoms with Crippen LogP contribution in [0.5, 0.6) is 11.5 Å². The minimum absolute atomic E-state index is 0.00973. The molecule has 0 spiro atoms. The maximum Gasteiger partial charge on any atom is 0.318 e. The number of ether oxygens (including phenoxy) is 2. The maximum absolute atomic E-state index is 10.8. The molecule has 116 valence electrons. The predicted molar refractivity (Wildman–Crippen MR) is 80.0 cm³/mol. The number of nitrogens with zero attached hydrogens (tertiary/aromatic N) is 1. The molecule has 0 aromatic heterocycles. The molecule has 0 amide bonds. The summed E-state index contributed by atoms with van der Waals surface area (Å²) in [6.45, 7) is 0. The van der Waals surface area contributed by atoms with Crippen molar-refractivity contribution in [2.45, 2.75) is 12.2 Å². The molecule has 0 saturated heterocycles. The molecule has 1 aliphatic carbocycles. The number of hydrogen-bond donors (Lipinski definition) is 0. The molecule has 1 aromatic rings. The maximum atomic E-state index is 10.8. The quantitative estimate of drug-likeness (QED) is 0.548. The summed E-state index contributed by atoms with van der Waals surface area (Å²) in [6, 6.07) is 2.79. The number of hydrogen-bond acceptors (Lipinski definition) is 5. The zero-order valence-electron chi connectivity index (χ0n) is 10.4. The van der Waals surface area contributed by atoms with Gasteiger partial charge in [-0.3, -0.25) is 4.84 Å². The third-order valence-corrected chi connectivity index (χ3v) is 4.48. The van der Waals surface area contributed by atoms with Crippen LogP contribution in [0.3, 0.4) is 0 Å². The summed E-state index contributed by atoms with van der Waals surface area (Å²) in [6.07, 6.45) is 1.10. The van der Waals surface area contributed by atoms with E-state index in [1.165, 1.54) is 18.2 Å². The van der Waals surface area contributed by atoms with E-state index in [4.69, 9.17) is 55.9 Å². The molecule has 1 unspecified atom stereocenters. The molecule has 1 heterocycles. The summed E-state index contributed by atoms with van der Waals surface area (Å²) in [5.74, 6) is -1.51. The van der Waals surface area contributed by atoms with Gasteiger partial charge < -0.3 is 9.47 Å². The van der Waals surface area contributed by atoms with Crippen LogP contribution in [-0.4, -0.2) is 10.9 Å². The average Bonchev–Trinajstić information content (AvgIpc) is 2.40. The van der Waals surface area contributed by atoms with Gasteiger partial charge in [0, 0.05) is 23.2 Å². The van der Waals surface area contributed by atoms with Gasteiger partial charge in [0.1, 0.15) is 0 Å². The Morgan fingerprint density at radius 3 is 2.45 bits per heavy atom. The SMILES string of the molecule is O=[N+]([O-])OC12CC(Cl)=C(Cl)C=C1Oc1cc(Cl)c(Cl)cc1O2. The van der Waals surface area contributed by atoms with E-state index < -0.39 is 10.9 Å². The van der Waals surface area contributed by atoms with Crippen molar-refractivity contribution in [2.75, 3.05) is 0 Å². The van der Waals surface area contributed by atoms with Gasteiger partial charge in [-0.1, -0.05) is 46.4 Å². The van der Waals surface area contributed by atoms with Crippen LogP contribution in [0.25, 0.3) is 0 Å². The largest absolute Gasteiger partial charge is 0.451 e. The topological polar surface area (TPSA) is 70.8 Å². The molecule has 1 atom stereocenters. The number of halogens is 4. The number of allylic oxidation sites excluding steroid dienone is 2. The van der Waals surface area contributed by atoms with E-state index in [0.29, 0.717) is 0 Å². The number of benzene rings is 1. The fourth-order valence-corrected chi connectivity index (χ4v) is 2.76. The minimum Gasteiger partial charge on any atom is -0.451 e. The van der Waals surface area contributed by atoms with Gasteiger partial charge in [0.2, 0.25) is 0 Å². The van der Waals surface area contributed by atoms with Crippen LogP contribution in [0.1, 0.15) is 6.42 Å². The zero-order valence-corrected chi connectivity index (χ0v) is 13.5. The summed E-state index contributed by atoms with van der Waals surface area (Å²) in [5.41, 5.74) is 0. The first-order valence-electron chi connectivity index (χ1n) is 5.76. The molecule has 6 nitrogen and oxygen atoms in total. The predicted octanol–water partition coefficient (Wildman–Crippen LogP) is 4.65. The highest BCUT2D eigenvalue weighted by atomic mass is 35.5. The van der Waals surface area contributed by atoms with Crippen LogP contribution < -0.4 is 9.47 Å². The van der Waals surface area contributed by atoms with Crippen molar-refractivity contribution in [3.63, 3.8) is 0 Å². The van der Waals surface area contributed by atoms with Crippen LogP contribution in [-0.2, 0) is 4.84 Å². The van der Waals surface area contributed by atoms with Crippen LogP contribution in [0.4, 0.5) is 0 Å². The molecule has 2 aliphatic rings. The van der Waals surface area contributed by atoms with Gasteiger partial charge in [0.15, 0.2) is 17.3 Å². The van der Waals surface area contributed by atoms with E-state index in [1.54, 1.807) is 0 Å². The van der Waals surface area contributed by atoms with Crippen molar-refractivity contribution >= 4 is 46.4 Å². The third kappa shape index (κ3) is 2.56. The van der Waals surface area contributed by atoms with Gasteiger partial charge in [-0.15, -0.1) is 10.1 Å². The van der Waals surface area contributed by atoms with Crippen molar-refractivity contribution in [3.05, 3.63) is 54.2 Å². The van der Waals surface area contributed by atoms with Crippen LogP contribution in [0.2, 0.25) is 10.0 Å². The highest BCUT2D eigenvalue weighted by molar-refractivity contribution is 6.42. The molecule has 10 heteroatoms. The lowest BCUT2D eigenvalue weighted by Crippen LogP contribution is -2.48. The molecule has 0 saturated carbocycles. The molecule has 1 aliphatic heterocycles. The van der Waals surface area contributed by atoms with Gasteiger partial charge in [0.25, 0.3) is 5.09 Å². The third-order valence-electron chi connectivity index (χ3n) is 2.98. The van der Waals surface area contributed by atoms with E-state index in [1.807, 2.05) is 0 Å². The van der Waals surface area contributed by atoms with Crippen molar-refractivity contribution in [1.82, 2.24) is 0 Å². The molecule has 0 fully saturated rings. The first-order valence-corrected chi connectivity index (χ1v) is 7.28. The lowest BCUT2D eigenvalue weighted by atomic mass is 10.0. The normalized spacial score (nSPS) is 22.8. The van der Waals surface area contributed by atoms with Crippen molar-refractivity contribution in [1.29, 1.82) is 0 Å². The highest BCUT2D eigenvalue weighted by Gasteiger charge is 2.50. The van der Waals surface area contributed by atoms with Crippen molar-refractivity contribution < 1.29 is 19.4 Å². The second-order valence-electron chi connectivity index (χ2n) is 4.42. The second-order valence-corrected chi connectivity index (χ2v) is 6.10. The molecular formula is C12H5Cl4NO5.